The fourth-order valence-corrected chi connectivity index (χ4v) is 6.08. The first-order valence-corrected chi connectivity index (χ1v) is 13.0. The number of benzene rings is 3. The molecule has 1 N–H and O–H groups in total. The lowest BCUT2D eigenvalue weighted by atomic mass is 10.1. The van der Waals surface area contributed by atoms with E-state index in [0.29, 0.717) is 22.2 Å². The normalized spacial score (nSPS) is 15.3. The number of amides is 1. The lowest BCUT2D eigenvalue weighted by Gasteiger charge is -2.12. The molecule has 0 radical (unpaired) electrons. The summed E-state index contributed by atoms with van der Waals surface area (Å²) in [7, 11) is 1.61. The Hall–Kier alpha value is -2.56. The molecule has 34 heavy (non-hydrogen) atoms. The first-order chi connectivity index (χ1) is 16.5. The number of carbonyl (C=O) groups is 1. The summed E-state index contributed by atoms with van der Waals surface area (Å²) in [5.41, 5.74) is 3.06. The molecule has 1 fully saturated rings. The third kappa shape index (κ3) is 5.92. The van der Waals surface area contributed by atoms with Crippen LogP contribution < -0.4 is 14.8 Å². The van der Waals surface area contributed by atoms with Crippen molar-refractivity contribution in [3.63, 3.8) is 0 Å². The molecule has 1 amide bonds. The molecule has 1 aliphatic rings. The van der Waals surface area contributed by atoms with Gasteiger partial charge >= 0.3 is 0 Å². The van der Waals surface area contributed by atoms with Crippen LogP contribution in [-0.4, -0.2) is 18.2 Å². The molecule has 0 aromatic heterocycles. The second-order valence-electron chi connectivity index (χ2n) is 7.05. The molecule has 0 aliphatic carbocycles. The molecule has 3 aromatic carbocycles. The number of ether oxygens (including phenoxy) is 2. The summed E-state index contributed by atoms with van der Waals surface area (Å²) in [6, 6.07) is 20.8. The van der Waals surface area contributed by atoms with Crippen LogP contribution >= 0.6 is 56.9 Å². The summed E-state index contributed by atoms with van der Waals surface area (Å²) in [6.45, 7) is 0.305. The van der Waals surface area contributed by atoms with E-state index in [2.05, 4.69) is 61.6 Å². The van der Waals surface area contributed by atoms with Gasteiger partial charge in [-0.1, -0.05) is 18.2 Å². The number of rotatable bonds is 6. The molecule has 1 aliphatic heterocycles. The van der Waals surface area contributed by atoms with Gasteiger partial charge in [-0.3, -0.25) is 4.79 Å². The maximum Gasteiger partial charge on any atom is 0.264 e. The zero-order chi connectivity index (χ0) is 24.1. The van der Waals surface area contributed by atoms with Crippen molar-refractivity contribution >= 4 is 79.8 Å². The van der Waals surface area contributed by atoms with E-state index in [1.54, 1.807) is 13.2 Å². The van der Waals surface area contributed by atoms with Crippen molar-refractivity contribution in [3.8, 4) is 17.6 Å². The van der Waals surface area contributed by atoms with Gasteiger partial charge in [0.2, 0.25) is 0 Å². The molecule has 0 saturated carbocycles. The molecule has 0 atom stereocenters. The van der Waals surface area contributed by atoms with Gasteiger partial charge in [-0.05, 0) is 111 Å². The Morgan fingerprint density at radius 1 is 1.12 bits per heavy atom. The maximum absolute atomic E-state index is 12.5. The minimum Gasteiger partial charge on any atom is -0.497 e. The van der Waals surface area contributed by atoms with Crippen LogP contribution in [0.1, 0.15) is 16.7 Å². The molecule has 0 spiro atoms. The van der Waals surface area contributed by atoms with Crippen LogP contribution in [0.3, 0.4) is 0 Å². The van der Waals surface area contributed by atoms with Crippen molar-refractivity contribution in [1.29, 1.82) is 5.26 Å². The highest BCUT2D eigenvalue weighted by atomic mass is 127. The van der Waals surface area contributed by atoms with Crippen molar-refractivity contribution in [3.05, 3.63) is 89.4 Å². The Labute approximate surface area is 228 Å². The van der Waals surface area contributed by atoms with Crippen LogP contribution in [0.2, 0.25) is 0 Å². The lowest BCUT2D eigenvalue weighted by molar-refractivity contribution is -0.115. The van der Waals surface area contributed by atoms with Crippen molar-refractivity contribution < 1.29 is 14.3 Å². The zero-order valence-corrected chi connectivity index (χ0v) is 23.0. The standard InChI is InChI=1S/C25H17I2N3O3S/c1-32-19-8-6-18(7-9-19)29-25-30-24(31)22(34-25)12-15-10-20(26)23(21(27)11-15)33-14-17-5-3-2-4-16(17)13-28/h2-12H,14H2,1H3,(H,29,30,31)/b22-12+. The summed E-state index contributed by atoms with van der Waals surface area (Å²) in [4.78, 5) is 17.5. The number of hydrogen-bond donors (Lipinski definition) is 1. The number of carbonyl (C=O) groups excluding carboxylic acids is 1. The Bertz CT molecular complexity index is 1330. The summed E-state index contributed by atoms with van der Waals surface area (Å²) in [5.74, 6) is 1.32. The van der Waals surface area contributed by atoms with Crippen molar-refractivity contribution in [1.82, 2.24) is 5.32 Å². The molecule has 9 heteroatoms. The second kappa shape index (κ2) is 11.2. The predicted octanol–water partition coefficient (Wildman–Crippen LogP) is 6.25. The topological polar surface area (TPSA) is 83.7 Å². The monoisotopic (exact) mass is 693 g/mol. The number of methoxy groups -OCH3 is 1. The average molecular weight is 693 g/mol. The van der Waals surface area contributed by atoms with Crippen molar-refractivity contribution in [2.75, 3.05) is 7.11 Å². The summed E-state index contributed by atoms with van der Waals surface area (Å²) in [5, 5.41) is 12.6. The quantitative estimate of drug-likeness (QED) is 0.244. The van der Waals surface area contributed by atoms with Gasteiger partial charge in [-0.15, -0.1) is 0 Å². The van der Waals surface area contributed by atoms with E-state index in [9.17, 15) is 10.1 Å². The number of aliphatic imine (C=N–C) groups is 1. The maximum atomic E-state index is 12.5. The minimum atomic E-state index is -0.185. The number of nitrogens with one attached hydrogen (secondary N) is 1. The fourth-order valence-electron chi connectivity index (χ4n) is 3.11. The Morgan fingerprint density at radius 3 is 2.50 bits per heavy atom. The van der Waals surface area contributed by atoms with E-state index in [4.69, 9.17) is 9.47 Å². The molecule has 4 rings (SSSR count). The highest BCUT2D eigenvalue weighted by molar-refractivity contribution is 14.1. The zero-order valence-electron chi connectivity index (χ0n) is 17.8. The summed E-state index contributed by atoms with van der Waals surface area (Å²) < 4.78 is 13.0. The van der Waals surface area contributed by atoms with Crippen LogP contribution in [-0.2, 0) is 11.4 Å². The Kier molecular flexibility index (Phi) is 8.12. The van der Waals surface area contributed by atoms with Gasteiger partial charge < -0.3 is 14.8 Å². The average Bonchev–Trinajstić information content (AvgIpc) is 3.17. The summed E-state index contributed by atoms with van der Waals surface area (Å²) >= 11 is 5.75. The van der Waals surface area contributed by atoms with Gasteiger partial charge in [0, 0.05) is 5.56 Å². The van der Waals surface area contributed by atoms with E-state index in [1.165, 1.54) is 11.8 Å². The van der Waals surface area contributed by atoms with E-state index in [1.807, 2.05) is 60.7 Å². The molecule has 3 aromatic rings. The van der Waals surface area contributed by atoms with Gasteiger partial charge in [0.05, 0.1) is 36.5 Å². The van der Waals surface area contributed by atoms with Crippen LogP contribution in [0.4, 0.5) is 5.69 Å². The Balaban J connectivity index is 1.50. The van der Waals surface area contributed by atoms with Crippen molar-refractivity contribution in [2.24, 2.45) is 4.99 Å². The number of amidine groups is 1. The van der Waals surface area contributed by atoms with E-state index < -0.39 is 0 Å². The second-order valence-corrected chi connectivity index (χ2v) is 10.4. The first kappa shape index (κ1) is 24.6. The van der Waals surface area contributed by atoms with E-state index >= 15 is 0 Å². The van der Waals surface area contributed by atoms with Crippen LogP contribution in [0.15, 0.2) is 70.6 Å². The smallest absolute Gasteiger partial charge is 0.264 e. The van der Waals surface area contributed by atoms with Crippen LogP contribution in [0.5, 0.6) is 11.5 Å². The van der Waals surface area contributed by atoms with Crippen LogP contribution in [0.25, 0.3) is 6.08 Å². The minimum absolute atomic E-state index is 0.185. The largest absolute Gasteiger partial charge is 0.497 e. The SMILES string of the molecule is COc1ccc(N=C2NC(=O)/C(=C\c3cc(I)c(OCc4ccccc4C#N)c(I)c3)S2)cc1. The molecule has 170 valence electrons. The molecule has 1 saturated heterocycles. The highest BCUT2D eigenvalue weighted by Gasteiger charge is 2.24. The van der Waals surface area contributed by atoms with E-state index in [0.717, 1.165) is 35.5 Å². The number of thioether (sulfide) groups is 1. The highest BCUT2D eigenvalue weighted by Crippen LogP contribution is 2.33. The third-order valence-corrected chi connectivity index (χ3v) is 7.29. The van der Waals surface area contributed by atoms with Gasteiger partial charge in [-0.25, -0.2) is 4.99 Å². The van der Waals surface area contributed by atoms with Gasteiger partial charge in [0.25, 0.3) is 5.91 Å². The van der Waals surface area contributed by atoms with Gasteiger partial charge in [-0.2, -0.15) is 5.26 Å². The van der Waals surface area contributed by atoms with Gasteiger partial charge in [0.1, 0.15) is 18.1 Å². The third-order valence-electron chi connectivity index (χ3n) is 4.78. The molecule has 1 heterocycles. The molecule has 6 nitrogen and oxygen atoms in total. The fraction of sp³-hybridized carbons (Fsp3) is 0.0800. The van der Waals surface area contributed by atoms with E-state index in [-0.39, 0.29) is 5.91 Å². The lowest BCUT2D eigenvalue weighted by Crippen LogP contribution is -2.19. The molecule has 0 unspecified atom stereocenters. The van der Waals surface area contributed by atoms with Crippen molar-refractivity contribution in [2.45, 2.75) is 6.61 Å². The van der Waals surface area contributed by atoms with Gasteiger partial charge in [0.15, 0.2) is 5.17 Å². The number of nitrogens with zero attached hydrogens (tertiary/aromatic N) is 2. The Morgan fingerprint density at radius 2 is 1.82 bits per heavy atom. The number of halogens is 2. The number of hydrogen-bond acceptors (Lipinski definition) is 6. The number of nitriles is 1. The predicted molar refractivity (Wildman–Crippen MR) is 151 cm³/mol. The molecular weight excluding hydrogens is 676 g/mol. The van der Waals surface area contributed by atoms with Crippen LogP contribution in [0, 0.1) is 18.5 Å². The molecule has 0 bridgehead atoms. The first-order valence-electron chi connectivity index (χ1n) is 10.0. The molecular formula is C25H17I2N3O3S. The summed E-state index contributed by atoms with van der Waals surface area (Å²) in [6.07, 6.45) is 1.84.